The van der Waals surface area contributed by atoms with Crippen molar-refractivity contribution in [3.05, 3.63) is 57.7 Å². The van der Waals surface area contributed by atoms with Crippen LogP contribution < -0.4 is 0 Å². The maximum atomic E-state index is 12.4. The molecule has 1 rings (SSSR count). The van der Waals surface area contributed by atoms with E-state index >= 15 is 0 Å². The molecule has 1 N–H and O–H groups in total. The number of ketones is 2. The Balaban J connectivity index is 2.41. The number of rotatable bonds is 12. The minimum absolute atomic E-state index is 0.0622. The normalized spacial score (nSPS) is 17.6. The van der Waals surface area contributed by atoms with Crippen LogP contribution in [0.2, 0.25) is 0 Å². The molecule has 3 heteroatoms. The van der Waals surface area contributed by atoms with Crippen LogP contribution in [-0.4, -0.2) is 22.3 Å². The highest BCUT2D eigenvalue weighted by atomic mass is 16.3. The maximum Gasteiger partial charge on any atom is 0.185 e. The Hall–Kier alpha value is -2.00. The molecule has 0 bridgehead atoms. The summed E-state index contributed by atoms with van der Waals surface area (Å²) in [4.78, 5) is 24.3. The highest BCUT2D eigenvalue weighted by molar-refractivity contribution is 6.22. The van der Waals surface area contributed by atoms with Crippen molar-refractivity contribution in [3.8, 4) is 0 Å². The summed E-state index contributed by atoms with van der Waals surface area (Å²) in [5.74, 6) is -0.153. The van der Waals surface area contributed by atoms with Crippen LogP contribution in [0.3, 0.4) is 0 Å². The van der Waals surface area contributed by atoms with Gasteiger partial charge in [0.25, 0.3) is 0 Å². The van der Waals surface area contributed by atoms with Crippen molar-refractivity contribution < 1.29 is 14.7 Å². The van der Waals surface area contributed by atoms with Gasteiger partial charge in [-0.2, -0.15) is 0 Å². The second kappa shape index (κ2) is 12.8. The van der Waals surface area contributed by atoms with Crippen molar-refractivity contribution >= 4 is 11.6 Å². The second-order valence-corrected chi connectivity index (χ2v) is 9.61. The van der Waals surface area contributed by atoms with Gasteiger partial charge in [0, 0.05) is 16.7 Å². The van der Waals surface area contributed by atoms with E-state index in [-0.39, 0.29) is 11.6 Å². The second-order valence-electron chi connectivity index (χ2n) is 9.61. The number of Topliss-reactive ketones (excluding diaryl/α,β-unsaturated/α-hetero) is 1. The zero-order valence-corrected chi connectivity index (χ0v) is 20.7. The van der Waals surface area contributed by atoms with Crippen LogP contribution in [-0.2, 0) is 9.59 Å². The van der Waals surface area contributed by atoms with E-state index < -0.39 is 5.60 Å². The Bertz CT molecular complexity index is 809. The zero-order chi connectivity index (χ0) is 23.6. The molecule has 0 aromatic rings. The van der Waals surface area contributed by atoms with Gasteiger partial charge in [0.2, 0.25) is 0 Å². The minimum Gasteiger partial charge on any atom is -0.390 e. The lowest BCUT2D eigenvalue weighted by Gasteiger charge is -2.24. The van der Waals surface area contributed by atoms with Gasteiger partial charge in [-0.1, -0.05) is 34.9 Å². The van der Waals surface area contributed by atoms with Gasteiger partial charge in [-0.05, 0) is 106 Å². The fourth-order valence-electron chi connectivity index (χ4n) is 3.61. The van der Waals surface area contributed by atoms with Gasteiger partial charge in [0.1, 0.15) is 0 Å². The highest BCUT2D eigenvalue weighted by Crippen LogP contribution is 2.27. The van der Waals surface area contributed by atoms with E-state index in [1.165, 1.54) is 22.8 Å². The van der Waals surface area contributed by atoms with Crippen LogP contribution in [0.4, 0.5) is 0 Å². The predicted molar refractivity (Wildman–Crippen MR) is 131 cm³/mol. The summed E-state index contributed by atoms with van der Waals surface area (Å²) in [6.45, 7) is 13.8. The molecule has 0 unspecified atom stereocenters. The van der Waals surface area contributed by atoms with Gasteiger partial charge in [0.15, 0.2) is 11.6 Å². The molecule has 0 saturated carbocycles. The number of aliphatic hydroxyl groups is 1. The van der Waals surface area contributed by atoms with Gasteiger partial charge in [-0.15, -0.1) is 0 Å². The molecule has 0 heterocycles. The van der Waals surface area contributed by atoms with Gasteiger partial charge in [-0.3, -0.25) is 9.59 Å². The molecule has 31 heavy (non-hydrogen) atoms. The average molecular weight is 427 g/mol. The molecule has 1 aliphatic carbocycles. The van der Waals surface area contributed by atoms with Crippen molar-refractivity contribution in [2.75, 3.05) is 0 Å². The quantitative estimate of drug-likeness (QED) is 0.267. The molecule has 0 radical (unpaired) electrons. The Kier molecular flexibility index (Phi) is 11.1. The Morgan fingerprint density at radius 3 is 2.00 bits per heavy atom. The molecule has 0 spiro atoms. The summed E-state index contributed by atoms with van der Waals surface area (Å²) in [6, 6.07) is 0. The SMILES string of the molecule is CC(C)=CCC/C(C)=C\CC/C(C)=C\CC[C@@](C)(O)CCC1=CC(=O)C(C)=C(C)C1=O. The van der Waals surface area contributed by atoms with Crippen LogP contribution >= 0.6 is 0 Å². The number of hydrogen-bond donors (Lipinski definition) is 1. The van der Waals surface area contributed by atoms with Crippen LogP contribution in [0.25, 0.3) is 0 Å². The van der Waals surface area contributed by atoms with E-state index in [2.05, 4.69) is 45.9 Å². The third kappa shape index (κ3) is 10.2. The monoisotopic (exact) mass is 426 g/mol. The molecule has 0 fully saturated rings. The van der Waals surface area contributed by atoms with Gasteiger partial charge >= 0.3 is 0 Å². The number of allylic oxidation sites excluding steroid dienone is 10. The molecular formula is C28H42O3. The Morgan fingerprint density at radius 1 is 0.871 bits per heavy atom. The molecule has 172 valence electrons. The largest absolute Gasteiger partial charge is 0.390 e. The summed E-state index contributed by atoms with van der Waals surface area (Å²) >= 11 is 0. The molecule has 3 nitrogen and oxygen atoms in total. The summed E-state index contributed by atoms with van der Waals surface area (Å²) in [5, 5.41) is 10.7. The van der Waals surface area contributed by atoms with E-state index in [1.54, 1.807) is 13.8 Å². The first-order valence-electron chi connectivity index (χ1n) is 11.6. The molecule has 1 aliphatic rings. The van der Waals surface area contributed by atoms with Crippen LogP contribution in [0, 0.1) is 0 Å². The first-order chi connectivity index (χ1) is 14.4. The van der Waals surface area contributed by atoms with Crippen molar-refractivity contribution in [1.82, 2.24) is 0 Å². The van der Waals surface area contributed by atoms with Crippen molar-refractivity contribution in [1.29, 1.82) is 0 Å². The third-order valence-electron chi connectivity index (χ3n) is 6.10. The maximum absolute atomic E-state index is 12.4. The molecule has 0 saturated heterocycles. The lowest BCUT2D eigenvalue weighted by atomic mass is 9.85. The molecular weight excluding hydrogens is 384 g/mol. The van der Waals surface area contributed by atoms with Crippen LogP contribution in [0.5, 0.6) is 0 Å². The summed E-state index contributed by atoms with van der Waals surface area (Å²) in [6.07, 6.45) is 15.0. The Morgan fingerprint density at radius 2 is 1.42 bits per heavy atom. The van der Waals surface area contributed by atoms with E-state index in [1.807, 2.05) is 6.92 Å². The van der Waals surface area contributed by atoms with Crippen LogP contribution in [0.1, 0.15) is 99.8 Å². The molecule has 0 aromatic carbocycles. The lowest BCUT2D eigenvalue weighted by Crippen LogP contribution is -2.25. The lowest BCUT2D eigenvalue weighted by molar-refractivity contribution is -0.116. The molecule has 1 atom stereocenters. The minimum atomic E-state index is -0.855. The van der Waals surface area contributed by atoms with Gasteiger partial charge in [0.05, 0.1) is 5.60 Å². The van der Waals surface area contributed by atoms with Gasteiger partial charge < -0.3 is 5.11 Å². The number of carbonyl (C=O) groups is 2. The van der Waals surface area contributed by atoms with E-state index in [9.17, 15) is 14.7 Å². The van der Waals surface area contributed by atoms with E-state index in [4.69, 9.17) is 0 Å². The van der Waals surface area contributed by atoms with E-state index in [0.29, 0.717) is 36.0 Å². The summed E-state index contributed by atoms with van der Waals surface area (Å²) < 4.78 is 0. The molecule has 0 aromatic heterocycles. The Labute approximate surface area is 189 Å². The topological polar surface area (TPSA) is 54.4 Å². The first kappa shape index (κ1) is 27.0. The van der Waals surface area contributed by atoms with E-state index in [0.717, 1.165) is 32.1 Å². The van der Waals surface area contributed by atoms with Crippen LogP contribution in [0.15, 0.2) is 57.7 Å². The fourth-order valence-corrected chi connectivity index (χ4v) is 3.61. The zero-order valence-electron chi connectivity index (χ0n) is 20.7. The summed E-state index contributed by atoms with van der Waals surface area (Å²) in [7, 11) is 0. The van der Waals surface area contributed by atoms with Crippen molar-refractivity contribution in [2.45, 2.75) is 105 Å². The summed E-state index contributed by atoms with van der Waals surface area (Å²) in [5.41, 5.74) is 4.88. The van der Waals surface area contributed by atoms with Crippen molar-refractivity contribution in [3.63, 3.8) is 0 Å². The molecule has 0 amide bonds. The first-order valence-corrected chi connectivity index (χ1v) is 11.6. The van der Waals surface area contributed by atoms with Gasteiger partial charge in [-0.25, -0.2) is 0 Å². The molecule has 0 aliphatic heterocycles. The van der Waals surface area contributed by atoms with Crippen molar-refractivity contribution in [2.24, 2.45) is 0 Å². The number of carbonyl (C=O) groups excluding carboxylic acids is 2. The fraction of sp³-hybridized carbons (Fsp3) is 0.571. The number of hydrogen-bond acceptors (Lipinski definition) is 3. The standard InChI is InChI=1S/C28H42O3/c1-20(2)11-8-12-21(3)13-9-14-22(4)15-10-17-28(7,31)18-16-25-19-26(29)23(5)24(6)27(25)30/h11,13,15,19,31H,8-10,12,14,16-18H2,1-7H3/b21-13-,22-15-/t28-/m1/s1. The predicted octanol–water partition coefficient (Wildman–Crippen LogP) is 7.13. The average Bonchev–Trinajstić information content (AvgIpc) is 2.67. The third-order valence-corrected chi connectivity index (χ3v) is 6.10. The smallest absolute Gasteiger partial charge is 0.185 e. The highest BCUT2D eigenvalue weighted by Gasteiger charge is 2.26.